The molecule has 0 radical (unpaired) electrons. The lowest BCUT2D eigenvalue weighted by Gasteiger charge is -2.10. The Morgan fingerprint density at radius 3 is 1.46 bits per heavy atom. The molecule has 0 fully saturated rings. The highest BCUT2D eigenvalue weighted by Crippen LogP contribution is 2.56. The molecule has 12 rings (SSSR count). The van der Waals surface area contributed by atoms with Gasteiger partial charge in [0.05, 0.1) is 10.1 Å². The molecule has 1 unspecified atom stereocenters. The molecule has 1 atom stereocenters. The molecular weight excluding hydrogens is 705 g/mol. The zero-order valence-electron chi connectivity index (χ0n) is 27.7. The predicted octanol–water partition coefficient (Wildman–Crippen LogP) is 16.2. The van der Waals surface area contributed by atoms with Crippen LogP contribution in [0.5, 0.6) is 0 Å². The van der Waals surface area contributed by atoms with E-state index in [1.54, 1.807) is 0 Å². The molecule has 0 saturated heterocycles. The first-order valence-corrected chi connectivity index (χ1v) is 21.2. The number of hydrogen-bond donors (Lipinski definition) is 0. The third-order valence-electron chi connectivity index (χ3n) is 10.7. The van der Waals surface area contributed by atoms with E-state index in [1.807, 2.05) is 34.0 Å². The van der Waals surface area contributed by atoms with E-state index < -0.39 is 0 Å². The molecule has 0 amide bonds. The second-order valence-corrected chi connectivity index (χ2v) is 18.6. The summed E-state index contributed by atoms with van der Waals surface area (Å²) < 4.78 is 11.0. The summed E-state index contributed by atoms with van der Waals surface area (Å²) in [4.78, 5) is 1.42. The minimum Gasteiger partial charge on any atom is -0.135 e. The fourth-order valence-electron chi connectivity index (χ4n) is 8.44. The minimum absolute atomic E-state index is 0.290. The molecule has 242 valence electrons. The summed E-state index contributed by atoms with van der Waals surface area (Å²) in [6.45, 7) is 0. The molecular formula is C48H27S4+. The third-order valence-corrected chi connectivity index (χ3v) is 16.8. The Bertz CT molecular complexity index is 3420. The normalized spacial score (nSPS) is 12.6. The fraction of sp³-hybridized carbons (Fsp3) is 0. The van der Waals surface area contributed by atoms with E-state index in [9.17, 15) is 0 Å². The molecule has 4 heterocycles. The van der Waals surface area contributed by atoms with E-state index >= 15 is 0 Å². The summed E-state index contributed by atoms with van der Waals surface area (Å²) in [5, 5.41) is 10.8. The van der Waals surface area contributed by atoms with Crippen LogP contribution in [0.15, 0.2) is 164 Å². The lowest BCUT2D eigenvalue weighted by Crippen LogP contribution is -1.85. The average Bonchev–Trinajstić information content (AvgIpc) is 3.96. The predicted molar refractivity (Wildman–Crippen MR) is 235 cm³/mol. The summed E-state index contributed by atoms with van der Waals surface area (Å²) >= 11 is 5.79. The van der Waals surface area contributed by atoms with Crippen molar-refractivity contribution in [3.05, 3.63) is 164 Å². The van der Waals surface area contributed by atoms with E-state index in [1.165, 1.54) is 108 Å². The van der Waals surface area contributed by atoms with Crippen LogP contribution in [0.4, 0.5) is 0 Å². The highest BCUT2D eigenvalue weighted by atomic mass is 32.2. The summed E-state index contributed by atoms with van der Waals surface area (Å²) in [5.74, 6) is 0. The second kappa shape index (κ2) is 11.1. The van der Waals surface area contributed by atoms with Gasteiger partial charge in [0.1, 0.15) is 0 Å². The Hall–Kier alpha value is -5.36. The molecule has 0 aliphatic heterocycles. The highest BCUT2D eigenvalue weighted by Gasteiger charge is 2.30. The van der Waals surface area contributed by atoms with E-state index in [2.05, 4.69) is 164 Å². The second-order valence-electron chi connectivity index (χ2n) is 13.5. The van der Waals surface area contributed by atoms with Gasteiger partial charge in [-0.1, -0.05) is 115 Å². The Labute approximate surface area is 314 Å². The van der Waals surface area contributed by atoms with Gasteiger partial charge >= 0.3 is 0 Å². The van der Waals surface area contributed by atoms with Crippen molar-refractivity contribution in [2.45, 2.75) is 0 Å². The minimum atomic E-state index is -0.290. The van der Waals surface area contributed by atoms with Crippen LogP contribution in [0, 0.1) is 0 Å². The first-order chi connectivity index (χ1) is 25.8. The van der Waals surface area contributed by atoms with Gasteiger partial charge in [-0.05, 0) is 59.2 Å². The summed E-state index contributed by atoms with van der Waals surface area (Å²) in [7, 11) is -0.290. The van der Waals surface area contributed by atoms with Crippen LogP contribution in [0.2, 0.25) is 0 Å². The fourth-order valence-corrected chi connectivity index (χ4v) is 14.9. The van der Waals surface area contributed by atoms with Gasteiger partial charge in [0.15, 0.2) is 14.3 Å². The quantitative estimate of drug-likeness (QED) is 0.159. The lowest BCUT2D eigenvalue weighted by atomic mass is 9.93. The van der Waals surface area contributed by atoms with Gasteiger partial charge in [-0.15, -0.1) is 34.0 Å². The molecule has 0 saturated carbocycles. The van der Waals surface area contributed by atoms with E-state index in [-0.39, 0.29) is 10.5 Å². The number of rotatable bonds is 3. The Morgan fingerprint density at radius 2 is 0.808 bits per heavy atom. The van der Waals surface area contributed by atoms with Crippen LogP contribution in [-0.4, -0.2) is 0 Å². The SMILES string of the molecule is c1ccc2c(c1)sc1c(-c3cc(-c4cccc5c4sc4ccccc45)c4c5ccccc5[s+](-c5cccc6c5sc5ccccc56)c4c3)cccc12. The zero-order valence-corrected chi connectivity index (χ0v) is 31.0. The molecule has 0 nitrogen and oxygen atoms in total. The smallest absolute Gasteiger partial charge is 0.135 e. The zero-order chi connectivity index (χ0) is 33.9. The Kier molecular flexibility index (Phi) is 6.23. The monoisotopic (exact) mass is 731 g/mol. The Morgan fingerprint density at radius 1 is 0.327 bits per heavy atom. The van der Waals surface area contributed by atoms with Crippen LogP contribution >= 0.6 is 44.5 Å². The number of hydrogen-bond acceptors (Lipinski definition) is 3. The van der Waals surface area contributed by atoms with E-state index in [0.29, 0.717) is 0 Å². The number of fused-ring (bicyclic) bond motifs is 12. The highest BCUT2D eigenvalue weighted by molar-refractivity contribution is 7.52. The van der Waals surface area contributed by atoms with Crippen molar-refractivity contribution in [2.24, 2.45) is 0 Å². The van der Waals surface area contributed by atoms with Gasteiger partial charge < -0.3 is 0 Å². The van der Waals surface area contributed by atoms with Crippen molar-refractivity contribution in [3.63, 3.8) is 0 Å². The maximum absolute atomic E-state index is 2.55. The van der Waals surface area contributed by atoms with Gasteiger partial charge in [0.2, 0.25) is 0 Å². The van der Waals surface area contributed by atoms with Crippen molar-refractivity contribution in [1.82, 2.24) is 0 Å². The molecule has 0 bridgehead atoms. The van der Waals surface area contributed by atoms with Crippen molar-refractivity contribution in [2.75, 3.05) is 0 Å². The molecule has 8 aromatic carbocycles. The van der Waals surface area contributed by atoms with Crippen LogP contribution in [0.25, 0.3) is 108 Å². The van der Waals surface area contributed by atoms with Crippen LogP contribution in [0.3, 0.4) is 0 Å². The molecule has 52 heavy (non-hydrogen) atoms. The first-order valence-electron chi connectivity index (χ1n) is 17.5. The molecule has 4 aromatic heterocycles. The van der Waals surface area contributed by atoms with Crippen molar-refractivity contribution < 1.29 is 0 Å². The van der Waals surface area contributed by atoms with E-state index in [4.69, 9.17) is 0 Å². The molecule has 4 heteroatoms. The van der Waals surface area contributed by atoms with Crippen molar-refractivity contribution in [3.8, 4) is 27.1 Å². The van der Waals surface area contributed by atoms with Gasteiger partial charge in [0, 0.05) is 83.3 Å². The largest absolute Gasteiger partial charge is 0.197 e. The van der Waals surface area contributed by atoms with Crippen molar-refractivity contribution >= 4 is 125 Å². The van der Waals surface area contributed by atoms with Crippen molar-refractivity contribution in [1.29, 1.82) is 0 Å². The lowest BCUT2D eigenvalue weighted by molar-refractivity contribution is 1.72. The van der Waals surface area contributed by atoms with Crippen LogP contribution < -0.4 is 0 Å². The first kappa shape index (κ1) is 29.2. The topological polar surface area (TPSA) is 0 Å². The van der Waals surface area contributed by atoms with Gasteiger partial charge in [-0.25, -0.2) is 0 Å². The molecule has 0 N–H and O–H groups in total. The van der Waals surface area contributed by atoms with Crippen LogP contribution in [0.1, 0.15) is 0 Å². The standard InChI is InChI=1S/C48H27S4/c1-5-21-39-30(12-1)33-17-9-16-29(46(33)49-39)28-26-38(36-19-10-18-34-31-13-2-6-22-40(31)50-47(34)36)45-37-15-4-8-24-42(37)52(44(45)27-28)43-25-11-20-35-32-14-3-7-23-41(32)51-48(35)43/h1-27H/q+1. The third kappa shape index (κ3) is 4.06. The maximum atomic E-state index is 2.55. The summed E-state index contributed by atoms with van der Waals surface area (Å²) in [6.07, 6.45) is 0. The molecule has 0 spiro atoms. The van der Waals surface area contributed by atoms with Gasteiger partial charge in [0.25, 0.3) is 0 Å². The molecule has 0 aliphatic rings. The van der Waals surface area contributed by atoms with Crippen LogP contribution in [-0.2, 0) is 0 Å². The van der Waals surface area contributed by atoms with Gasteiger partial charge in [-0.3, -0.25) is 0 Å². The average molecular weight is 732 g/mol. The summed E-state index contributed by atoms with van der Waals surface area (Å²) in [6, 6.07) is 61.8. The molecule has 0 aliphatic carbocycles. The Balaban J connectivity index is 1.27. The number of thiophene rings is 4. The number of benzene rings is 8. The molecule has 12 aromatic rings. The van der Waals surface area contributed by atoms with E-state index in [0.717, 1.165) is 0 Å². The maximum Gasteiger partial charge on any atom is 0.197 e. The van der Waals surface area contributed by atoms with Gasteiger partial charge in [-0.2, -0.15) is 0 Å². The summed E-state index contributed by atoms with van der Waals surface area (Å²) in [5.41, 5.74) is 5.25.